The Morgan fingerprint density at radius 1 is 1.13 bits per heavy atom. The lowest BCUT2D eigenvalue weighted by Gasteiger charge is -2.30. The average Bonchev–Trinajstić information content (AvgIpc) is 3.50. The number of aromatic amines is 1. The van der Waals surface area contributed by atoms with E-state index < -0.39 is 60.2 Å². The number of carboxylic acid groups (broad SMARTS) is 1. The van der Waals surface area contributed by atoms with Crippen molar-refractivity contribution in [1.29, 1.82) is 0 Å². The molecule has 1 aromatic carbocycles. The van der Waals surface area contributed by atoms with E-state index >= 15 is 0 Å². The van der Waals surface area contributed by atoms with Gasteiger partial charge in [-0.15, -0.1) is 0 Å². The summed E-state index contributed by atoms with van der Waals surface area (Å²) in [6.07, 6.45) is 2.69. The summed E-state index contributed by atoms with van der Waals surface area (Å²) >= 11 is 0. The van der Waals surface area contributed by atoms with Crippen molar-refractivity contribution < 1.29 is 29.1 Å². The van der Waals surface area contributed by atoms with E-state index in [4.69, 9.17) is 11.5 Å². The first-order chi connectivity index (χ1) is 18.0. The van der Waals surface area contributed by atoms with Gasteiger partial charge in [0.1, 0.15) is 18.1 Å². The molecule has 0 saturated carbocycles. The summed E-state index contributed by atoms with van der Waals surface area (Å²) in [6.45, 7) is 4.10. The van der Waals surface area contributed by atoms with Gasteiger partial charge >= 0.3 is 5.97 Å². The van der Waals surface area contributed by atoms with Crippen LogP contribution in [0.4, 0.5) is 0 Å². The molecule has 2 heterocycles. The number of aromatic nitrogens is 1. The van der Waals surface area contributed by atoms with E-state index in [1.165, 1.54) is 4.90 Å². The molecule has 1 aliphatic rings. The van der Waals surface area contributed by atoms with E-state index in [1.54, 1.807) is 0 Å². The monoisotopic (exact) mass is 528 g/mol. The smallest absolute Gasteiger partial charge is 0.326 e. The Kier molecular flexibility index (Phi) is 9.45. The van der Waals surface area contributed by atoms with Crippen LogP contribution in [0, 0.1) is 5.92 Å². The van der Waals surface area contributed by atoms with Crippen LogP contribution < -0.4 is 22.1 Å². The highest BCUT2D eigenvalue weighted by Gasteiger charge is 2.39. The van der Waals surface area contributed by atoms with Gasteiger partial charge in [-0.1, -0.05) is 32.0 Å². The normalized spacial score (nSPS) is 17.7. The van der Waals surface area contributed by atoms with E-state index in [1.807, 2.05) is 44.3 Å². The molecular formula is C26H36N6O6. The summed E-state index contributed by atoms with van der Waals surface area (Å²) in [7, 11) is 0. The fourth-order valence-electron chi connectivity index (χ4n) is 4.77. The van der Waals surface area contributed by atoms with Gasteiger partial charge in [0.25, 0.3) is 0 Å². The van der Waals surface area contributed by atoms with Crippen molar-refractivity contribution in [3.8, 4) is 0 Å². The largest absolute Gasteiger partial charge is 0.480 e. The predicted molar refractivity (Wildman–Crippen MR) is 139 cm³/mol. The quantitative estimate of drug-likeness (QED) is 0.222. The minimum absolute atomic E-state index is 0.0518. The fraction of sp³-hybridized carbons (Fsp3) is 0.500. The number of nitrogens with zero attached hydrogens (tertiary/aromatic N) is 1. The van der Waals surface area contributed by atoms with Crippen LogP contribution in [0.2, 0.25) is 0 Å². The Hall–Kier alpha value is -3.93. The second-order valence-corrected chi connectivity index (χ2v) is 10.1. The van der Waals surface area contributed by atoms with E-state index in [2.05, 4.69) is 15.6 Å². The summed E-state index contributed by atoms with van der Waals surface area (Å²) in [5.74, 6) is -3.83. The van der Waals surface area contributed by atoms with Gasteiger partial charge in [0.15, 0.2) is 0 Å². The maximum absolute atomic E-state index is 13.5. The molecule has 12 nitrogen and oxygen atoms in total. The topological polar surface area (TPSA) is 201 Å². The van der Waals surface area contributed by atoms with Gasteiger partial charge in [0, 0.05) is 23.6 Å². The molecule has 4 atom stereocenters. The number of primary amides is 1. The number of fused-ring (bicyclic) bond motifs is 1. The van der Waals surface area contributed by atoms with Crippen molar-refractivity contribution in [3.63, 3.8) is 0 Å². The minimum atomic E-state index is -1.49. The molecule has 1 aliphatic heterocycles. The number of carbonyl (C=O) groups excluding carboxylic acids is 4. The van der Waals surface area contributed by atoms with Crippen LogP contribution in [0.5, 0.6) is 0 Å². The highest BCUT2D eigenvalue weighted by Crippen LogP contribution is 2.22. The van der Waals surface area contributed by atoms with Gasteiger partial charge in [-0.25, -0.2) is 4.79 Å². The van der Waals surface area contributed by atoms with Gasteiger partial charge in [0.2, 0.25) is 23.6 Å². The number of amides is 4. The number of aliphatic carboxylic acids is 1. The summed E-state index contributed by atoms with van der Waals surface area (Å²) in [5.41, 5.74) is 13.1. The first-order valence-electron chi connectivity index (χ1n) is 12.7. The number of H-pyrrole nitrogens is 1. The number of carboxylic acids is 1. The van der Waals surface area contributed by atoms with Crippen LogP contribution in [0.25, 0.3) is 10.9 Å². The minimum Gasteiger partial charge on any atom is -0.480 e. The van der Waals surface area contributed by atoms with Crippen LogP contribution in [0.15, 0.2) is 30.5 Å². The second kappa shape index (κ2) is 12.5. The first kappa shape index (κ1) is 28.6. The summed E-state index contributed by atoms with van der Waals surface area (Å²) < 4.78 is 0. The van der Waals surface area contributed by atoms with E-state index in [0.29, 0.717) is 19.3 Å². The Morgan fingerprint density at radius 2 is 1.84 bits per heavy atom. The molecule has 0 aliphatic carbocycles. The Bertz CT molecular complexity index is 1190. The van der Waals surface area contributed by atoms with Crippen molar-refractivity contribution in [2.75, 3.05) is 6.54 Å². The van der Waals surface area contributed by atoms with Gasteiger partial charge in [-0.05, 0) is 43.2 Å². The van der Waals surface area contributed by atoms with Gasteiger partial charge in [-0.2, -0.15) is 0 Å². The molecule has 12 heteroatoms. The zero-order chi connectivity index (χ0) is 28.0. The number of carbonyl (C=O) groups is 5. The van der Waals surface area contributed by atoms with Crippen molar-refractivity contribution in [2.45, 2.75) is 70.1 Å². The molecule has 0 spiro atoms. The number of rotatable bonds is 12. The van der Waals surface area contributed by atoms with Crippen LogP contribution in [0.3, 0.4) is 0 Å². The molecule has 206 valence electrons. The summed E-state index contributed by atoms with van der Waals surface area (Å²) in [6, 6.07) is 3.44. The third-order valence-electron chi connectivity index (χ3n) is 6.63. The zero-order valence-electron chi connectivity index (χ0n) is 21.6. The van der Waals surface area contributed by atoms with Crippen molar-refractivity contribution in [3.05, 3.63) is 36.0 Å². The molecule has 1 aromatic heterocycles. The average molecular weight is 529 g/mol. The zero-order valence-corrected chi connectivity index (χ0v) is 21.6. The molecular weight excluding hydrogens is 492 g/mol. The standard InChI is InChI=1S/C26H36N6O6/c1-14(2)10-19(30-23(34)17(27)11-15-13-29-18-7-4-3-6-16(15)18)25(36)32-9-5-8-21(32)24(35)31-20(26(37)38)12-22(28)33/h3-4,6-7,13-14,17,19-21,29H,5,8-12,27H2,1-2H3,(H2,28,33)(H,30,34)(H,31,35)(H,37,38). The number of nitrogens with two attached hydrogens (primary N) is 2. The molecule has 4 amide bonds. The maximum Gasteiger partial charge on any atom is 0.326 e. The lowest BCUT2D eigenvalue weighted by atomic mass is 10.0. The molecule has 1 saturated heterocycles. The van der Waals surface area contributed by atoms with Crippen LogP contribution >= 0.6 is 0 Å². The molecule has 4 unspecified atom stereocenters. The van der Waals surface area contributed by atoms with Crippen molar-refractivity contribution in [2.24, 2.45) is 17.4 Å². The fourth-order valence-corrected chi connectivity index (χ4v) is 4.77. The van der Waals surface area contributed by atoms with Crippen LogP contribution in [-0.4, -0.2) is 75.3 Å². The Morgan fingerprint density at radius 3 is 2.50 bits per heavy atom. The molecule has 2 aromatic rings. The third-order valence-corrected chi connectivity index (χ3v) is 6.63. The Labute approximate surface area is 220 Å². The number of para-hydroxylation sites is 1. The maximum atomic E-state index is 13.5. The van der Waals surface area contributed by atoms with E-state index in [0.717, 1.165) is 16.5 Å². The predicted octanol–water partition coefficient (Wildman–Crippen LogP) is 0.00440. The van der Waals surface area contributed by atoms with E-state index in [-0.39, 0.29) is 18.9 Å². The van der Waals surface area contributed by atoms with Crippen LogP contribution in [0.1, 0.15) is 45.1 Å². The highest BCUT2D eigenvalue weighted by molar-refractivity contribution is 5.95. The summed E-state index contributed by atoms with van der Waals surface area (Å²) in [5, 5.41) is 15.4. The van der Waals surface area contributed by atoms with Gasteiger partial charge in [-0.3, -0.25) is 19.2 Å². The van der Waals surface area contributed by atoms with Crippen molar-refractivity contribution in [1.82, 2.24) is 20.5 Å². The molecule has 0 radical (unpaired) electrons. The van der Waals surface area contributed by atoms with Gasteiger partial charge < -0.3 is 37.1 Å². The molecule has 3 rings (SSSR count). The van der Waals surface area contributed by atoms with Crippen LogP contribution in [-0.2, 0) is 30.4 Å². The highest BCUT2D eigenvalue weighted by atomic mass is 16.4. The first-order valence-corrected chi connectivity index (χ1v) is 12.7. The number of likely N-dealkylation sites (tertiary alicyclic amines) is 1. The second-order valence-electron chi connectivity index (χ2n) is 10.1. The number of nitrogens with one attached hydrogen (secondary N) is 3. The molecule has 0 bridgehead atoms. The lowest BCUT2D eigenvalue weighted by molar-refractivity contribution is -0.146. The molecule has 1 fully saturated rings. The van der Waals surface area contributed by atoms with Gasteiger partial charge in [0.05, 0.1) is 12.5 Å². The number of hydrogen-bond acceptors (Lipinski definition) is 6. The Balaban J connectivity index is 1.70. The molecule has 8 N–H and O–H groups in total. The van der Waals surface area contributed by atoms with Crippen molar-refractivity contribution >= 4 is 40.5 Å². The van der Waals surface area contributed by atoms with E-state index in [9.17, 15) is 29.1 Å². The summed E-state index contributed by atoms with van der Waals surface area (Å²) in [4.78, 5) is 66.6. The third kappa shape index (κ3) is 7.09. The lowest BCUT2D eigenvalue weighted by Crippen LogP contribution is -2.57. The SMILES string of the molecule is CC(C)CC(NC(=O)C(N)Cc1c[nH]c2ccccc12)C(=O)N1CCCC1C(=O)NC(CC(N)=O)C(=O)O. The number of benzene rings is 1. The molecule has 38 heavy (non-hydrogen) atoms. The number of hydrogen-bond donors (Lipinski definition) is 6.